The second kappa shape index (κ2) is 4.56. The van der Waals surface area contributed by atoms with E-state index >= 15 is 0 Å². The van der Waals surface area contributed by atoms with Crippen LogP contribution in [0.5, 0.6) is 0 Å². The summed E-state index contributed by atoms with van der Waals surface area (Å²) in [5.74, 6) is 0.535. The van der Waals surface area contributed by atoms with E-state index in [0.717, 1.165) is 15.6 Å². The Morgan fingerprint density at radius 1 is 1.19 bits per heavy atom. The Kier molecular flexibility index (Phi) is 3.31. The predicted octanol–water partition coefficient (Wildman–Crippen LogP) is 4.47. The van der Waals surface area contributed by atoms with Crippen LogP contribution in [-0.2, 0) is 5.88 Å². The highest BCUT2D eigenvalue weighted by Gasteiger charge is 2.10. The molecule has 0 aliphatic rings. The van der Waals surface area contributed by atoms with Gasteiger partial charge in [-0.25, -0.2) is 4.98 Å². The monoisotopic (exact) mass is 251 g/mol. The zero-order valence-electron chi connectivity index (χ0n) is 9.67. The van der Waals surface area contributed by atoms with Gasteiger partial charge in [0, 0.05) is 10.4 Å². The maximum atomic E-state index is 5.94. The Hall–Kier alpha value is -0.860. The first-order valence-electron chi connectivity index (χ1n) is 5.21. The Morgan fingerprint density at radius 3 is 2.56 bits per heavy atom. The quantitative estimate of drug-likeness (QED) is 0.718. The van der Waals surface area contributed by atoms with E-state index in [2.05, 4.69) is 37.0 Å². The summed E-state index contributed by atoms with van der Waals surface area (Å²) in [5.41, 5.74) is 4.82. The first-order chi connectivity index (χ1) is 7.61. The molecule has 84 valence electrons. The Balaban J connectivity index is 2.53. The summed E-state index contributed by atoms with van der Waals surface area (Å²) in [5, 5.41) is 1.07. The number of alkyl halides is 1. The Bertz CT molecular complexity index is 517. The second-order valence-corrected chi connectivity index (χ2v) is 5.49. The van der Waals surface area contributed by atoms with Gasteiger partial charge in [-0.3, -0.25) is 0 Å². The average Bonchev–Trinajstić information content (AvgIpc) is 2.63. The third-order valence-electron chi connectivity index (χ3n) is 2.71. The van der Waals surface area contributed by atoms with Crippen LogP contribution < -0.4 is 0 Å². The van der Waals surface area contributed by atoms with Gasteiger partial charge in [-0.1, -0.05) is 12.1 Å². The van der Waals surface area contributed by atoms with Gasteiger partial charge < -0.3 is 0 Å². The van der Waals surface area contributed by atoms with E-state index in [1.807, 2.05) is 6.92 Å². The molecular formula is C13H14ClNS. The average molecular weight is 252 g/mol. The molecule has 0 bridgehead atoms. The number of aryl methyl sites for hydroxylation is 3. The topological polar surface area (TPSA) is 12.9 Å². The SMILES string of the molecule is Cc1nc(-c2ccc(C)c(C)c2)c(CCl)s1. The van der Waals surface area contributed by atoms with Crippen LogP contribution in [0.2, 0.25) is 0 Å². The van der Waals surface area contributed by atoms with Crippen molar-refractivity contribution >= 4 is 22.9 Å². The van der Waals surface area contributed by atoms with Crippen LogP contribution in [-0.4, -0.2) is 4.98 Å². The smallest absolute Gasteiger partial charge is 0.0904 e. The molecule has 1 nitrogen and oxygen atoms in total. The Morgan fingerprint density at radius 2 is 1.94 bits per heavy atom. The Labute approximate surface area is 105 Å². The molecule has 0 radical (unpaired) electrons. The van der Waals surface area contributed by atoms with Crippen molar-refractivity contribution in [3.63, 3.8) is 0 Å². The zero-order valence-corrected chi connectivity index (χ0v) is 11.2. The fourth-order valence-corrected chi connectivity index (χ4v) is 2.77. The summed E-state index contributed by atoms with van der Waals surface area (Å²) in [7, 11) is 0. The molecule has 2 rings (SSSR count). The van der Waals surface area contributed by atoms with Crippen LogP contribution >= 0.6 is 22.9 Å². The van der Waals surface area contributed by atoms with Gasteiger partial charge in [0.05, 0.1) is 16.6 Å². The number of hydrogen-bond donors (Lipinski definition) is 0. The molecule has 0 aliphatic heterocycles. The van der Waals surface area contributed by atoms with Crippen LogP contribution in [0.1, 0.15) is 21.0 Å². The van der Waals surface area contributed by atoms with Gasteiger partial charge >= 0.3 is 0 Å². The number of rotatable bonds is 2. The fourth-order valence-electron chi connectivity index (χ4n) is 1.67. The lowest BCUT2D eigenvalue weighted by molar-refractivity contribution is 1.26. The van der Waals surface area contributed by atoms with Gasteiger partial charge in [-0.05, 0) is 38.0 Å². The number of thiazole rings is 1. The largest absolute Gasteiger partial charge is 0.241 e. The van der Waals surface area contributed by atoms with Crippen molar-refractivity contribution in [1.82, 2.24) is 4.98 Å². The summed E-state index contributed by atoms with van der Waals surface area (Å²) in [4.78, 5) is 5.71. The summed E-state index contributed by atoms with van der Waals surface area (Å²) in [6.45, 7) is 6.26. The first kappa shape index (κ1) is 11.6. The van der Waals surface area contributed by atoms with E-state index in [9.17, 15) is 0 Å². The standard InChI is InChI=1S/C13H14ClNS/c1-8-4-5-11(6-9(8)2)13-12(7-14)16-10(3)15-13/h4-6H,7H2,1-3H3. The molecule has 0 saturated carbocycles. The molecule has 1 aromatic heterocycles. The van der Waals surface area contributed by atoms with E-state index in [-0.39, 0.29) is 0 Å². The molecule has 1 aromatic carbocycles. The molecule has 0 aliphatic carbocycles. The van der Waals surface area contributed by atoms with Crippen LogP contribution in [0, 0.1) is 20.8 Å². The number of nitrogens with zero attached hydrogens (tertiary/aromatic N) is 1. The van der Waals surface area contributed by atoms with Crippen molar-refractivity contribution in [2.24, 2.45) is 0 Å². The van der Waals surface area contributed by atoms with Gasteiger partial charge in [0.2, 0.25) is 0 Å². The second-order valence-electron chi connectivity index (χ2n) is 3.94. The van der Waals surface area contributed by atoms with Gasteiger partial charge in [0.15, 0.2) is 0 Å². The highest BCUT2D eigenvalue weighted by molar-refractivity contribution is 7.12. The van der Waals surface area contributed by atoms with Gasteiger partial charge in [-0.2, -0.15) is 0 Å². The summed E-state index contributed by atoms with van der Waals surface area (Å²) in [6, 6.07) is 6.43. The molecule has 0 N–H and O–H groups in total. The lowest BCUT2D eigenvalue weighted by atomic mass is 10.0. The van der Waals surface area contributed by atoms with Gasteiger partial charge in [-0.15, -0.1) is 22.9 Å². The van der Waals surface area contributed by atoms with Gasteiger partial charge in [0.25, 0.3) is 0 Å². The molecule has 0 atom stereocenters. The van der Waals surface area contributed by atoms with E-state index < -0.39 is 0 Å². The zero-order chi connectivity index (χ0) is 11.7. The summed E-state index contributed by atoms with van der Waals surface area (Å²) < 4.78 is 0. The molecule has 3 heteroatoms. The third-order valence-corrected chi connectivity index (χ3v) is 4.10. The fraction of sp³-hybridized carbons (Fsp3) is 0.308. The number of hydrogen-bond acceptors (Lipinski definition) is 2. The molecular weight excluding hydrogens is 238 g/mol. The first-order valence-corrected chi connectivity index (χ1v) is 6.57. The molecule has 0 amide bonds. The predicted molar refractivity (Wildman–Crippen MR) is 71.3 cm³/mol. The van der Waals surface area contributed by atoms with Crippen LogP contribution in [0.3, 0.4) is 0 Å². The summed E-state index contributed by atoms with van der Waals surface area (Å²) in [6.07, 6.45) is 0. The third kappa shape index (κ3) is 2.13. The van der Waals surface area contributed by atoms with Crippen molar-refractivity contribution in [1.29, 1.82) is 0 Å². The molecule has 0 fully saturated rings. The highest BCUT2D eigenvalue weighted by Crippen LogP contribution is 2.30. The normalized spacial score (nSPS) is 10.8. The van der Waals surface area contributed by atoms with Crippen molar-refractivity contribution in [3.05, 3.63) is 39.2 Å². The highest BCUT2D eigenvalue weighted by atomic mass is 35.5. The minimum atomic E-state index is 0.535. The van der Waals surface area contributed by atoms with E-state index in [1.54, 1.807) is 11.3 Å². The molecule has 0 saturated heterocycles. The van der Waals surface area contributed by atoms with Crippen LogP contribution in [0.25, 0.3) is 11.3 Å². The van der Waals surface area contributed by atoms with Crippen molar-refractivity contribution < 1.29 is 0 Å². The van der Waals surface area contributed by atoms with Crippen molar-refractivity contribution in [2.75, 3.05) is 0 Å². The van der Waals surface area contributed by atoms with E-state index in [0.29, 0.717) is 5.88 Å². The van der Waals surface area contributed by atoms with Crippen molar-refractivity contribution in [3.8, 4) is 11.3 Å². The van der Waals surface area contributed by atoms with Gasteiger partial charge in [0.1, 0.15) is 0 Å². The number of halogens is 1. The molecule has 2 aromatic rings. The van der Waals surface area contributed by atoms with E-state index in [4.69, 9.17) is 11.6 Å². The molecule has 0 spiro atoms. The lowest BCUT2D eigenvalue weighted by Gasteiger charge is -2.04. The number of benzene rings is 1. The summed E-state index contributed by atoms with van der Waals surface area (Å²) >= 11 is 7.61. The van der Waals surface area contributed by atoms with E-state index in [1.165, 1.54) is 16.7 Å². The number of aromatic nitrogens is 1. The minimum absolute atomic E-state index is 0.535. The lowest BCUT2D eigenvalue weighted by Crippen LogP contribution is -1.86. The van der Waals surface area contributed by atoms with Crippen LogP contribution in [0.4, 0.5) is 0 Å². The maximum Gasteiger partial charge on any atom is 0.0904 e. The van der Waals surface area contributed by atoms with Crippen molar-refractivity contribution in [2.45, 2.75) is 26.7 Å². The molecule has 0 unspecified atom stereocenters. The van der Waals surface area contributed by atoms with Crippen LogP contribution in [0.15, 0.2) is 18.2 Å². The molecule has 1 heterocycles. The minimum Gasteiger partial charge on any atom is -0.241 e. The maximum absolute atomic E-state index is 5.94. The molecule has 16 heavy (non-hydrogen) atoms.